The van der Waals surface area contributed by atoms with E-state index in [4.69, 9.17) is 0 Å². The summed E-state index contributed by atoms with van der Waals surface area (Å²) in [5.41, 5.74) is 3.96. The summed E-state index contributed by atoms with van der Waals surface area (Å²) in [6, 6.07) is 23.9. The maximum atomic E-state index is 12.5. The van der Waals surface area contributed by atoms with Crippen LogP contribution in [0.5, 0.6) is 0 Å². The zero-order valence-corrected chi connectivity index (χ0v) is 15.9. The van der Waals surface area contributed by atoms with Crippen molar-refractivity contribution in [1.29, 1.82) is 0 Å². The first kappa shape index (κ1) is 17.8. The van der Waals surface area contributed by atoms with Crippen molar-refractivity contribution < 1.29 is 4.79 Å². The number of hydrogen-bond donors (Lipinski definition) is 2. The van der Waals surface area contributed by atoms with Gasteiger partial charge in [0.05, 0.1) is 11.3 Å². The standard InChI is InChI=1S/C25H17N3O2/c29-24(16-5-2-1-3-6-16)17-8-10-18(11-9-17)27-15-20-23-19-7-4-14-26-21(19)12-13-22(23)28-25(20)30/h1-15,26H,(H,28,30). The van der Waals surface area contributed by atoms with Gasteiger partial charge in [-0.2, -0.15) is 0 Å². The van der Waals surface area contributed by atoms with E-state index in [1.54, 1.807) is 42.6 Å². The molecule has 0 saturated heterocycles. The number of aromatic amines is 2. The quantitative estimate of drug-likeness (QED) is 0.334. The van der Waals surface area contributed by atoms with Gasteiger partial charge in [-0.3, -0.25) is 14.6 Å². The fraction of sp³-hybridized carbons (Fsp3) is 0. The van der Waals surface area contributed by atoms with Gasteiger partial charge in [-0.15, -0.1) is 0 Å². The summed E-state index contributed by atoms with van der Waals surface area (Å²) in [5.74, 6) is -0.0349. The second kappa shape index (κ2) is 7.29. The molecule has 0 bridgehead atoms. The number of nitrogens with one attached hydrogen (secondary N) is 2. The normalized spacial score (nSPS) is 11.5. The van der Waals surface area contributed by atoms with Crippen molar-refractivity contribution in [3.05, 3.63) is 112 Å². The van der Waals surface area contributed by atoms with Crippen LogP contribution in [0.15, 0.2) is 94.8 Å². The Morgan fingerprint density at radius 2 is 1.53 bits per heavy atom. The van der Waals surface area contributed by atoms with Crippen molar-refractivity contribution in [2.45, 2.75) is 0 Å². The van der Waals surface area contributed by atoms with Gasteiger partial charge in [0.25, 0.3) is 5.56 Å². The Balaban J connectivity index is 1.49. The Morgan fingerprint density at radius 1 is 0.800 bits per heavy atom. The molecular formula is C25H17N3O2. The summed E-state index contributed by atoms with van der Waals surface area (Å²) in [7, 11) is 0. The molecule has 0 saturated carbocycles. The number of nitrogens with zero attached hydrogens (tertiary/aromatic N) is 1. The van der Waals surface area contributed by atoms with Gasteiger partial charge in [-0.25, -0.2) is 0 Å². The highest BCUT2D eigenvalue weighted by molar-refractivity contribution is 6.13. The molecule has 5 heteroatoms. The maximum absolute atomic E-state index is 12.5. The lowest BCUT2D eigenvalue weighted by molar-refractivity contribution is 0.103. The molecule has 30 heavy (non-hydrogen) atoms. The van der Waals surface area contributed by atoms with Crippen LogP contribution in [0.2, 0.25) is 0 Å². The third-order valence-electron chi connectivity index (χ3n) is 5.11. The minimum atomic E-state index is -0.180. The summed E-state index contributed by atoms with van der Waals surface area (Å²) < 4.78 is 0. The second-order valence-corrected chi connectivity index (χ2v) is 6.99. The minimum absolute atomic E-state index is 0.0349. The molecule has 0 fully saturated rings. The van der Waals surface area contributed by atoms with E-state index in [-0.39, 0.29) is 11.3 Å². The molecule has 2 heterocycles. The molecule has 0 radical (unpaired) electrons. The summed E-state index contributed by atoms with van der Waals surface area (Å²) in [6.45, 7) is 0. The van der Waals surface area contributed by atoms with E-state index in [2.05, 4.69) is 15.0 Å². The lowest BCUT2D eigenvalue weighted by Crippen LogP contribution is -2.04. The van der Waals surface area contributed by atoms with Crippen LogP contribution in [-0.2, 0) is 0 Å². The summed E-state index contributed by atoms with van der Waals surface area (Å²) in [4.78, 5) is 35.6. The van der Waals surface area contributed by atoms with Gasteiger partial charge in [0.15, 0.2) is 5.78 Å². The molecule has 0 amide bonds. The Labute approximate surface area is 171 Å². The third-order valence-corrected chi connectivity index (χ3v) is 5.11. The monoisotopic (exact) mass is 391 g/mol. The summed E-state index contributed by atoms with van der Waals surface area (Å²) >= 11 is 0. The molecule has 0 spiro atoms. The number of aromatic nitrogens is 2. The van der Waals surface area contributed by atoms with Crippen molar-refractivity contribution in [2.24, 2.45) is 4.99 Å². The molecule has 0 atom stereocenters. The van der Waals surface area contributed by atoms with Crippen LogP contribution in [0.3, 0.4) is 0 Å². The number of benzene rings is 3. The number of fused-ring (bicyclic) bond motifs is 3. The van der Waals surface area contributed by atoms with E-state index in [1.807, 2.05) is 48.7 Å². The number of hydrogen-bond acceptors (Lipinski definition) is 3. The largest absolute Gasteiger partial charge is 0.361 e. The fourth-order valence-corrected chi connectivity index (χ4v) is 3.62. The summed E-state index contributed by atoms with van der Waals surface area (Å²) in [6.07, 6.45) is 3.44. The highest BCUT2D eigenvalue weighted by Gasteiger charge is 2.11. The highest BCUT2D eigenvalue weighted by atomic mass is 16.1. The number of rotatable bonds is 4. The van der Waals surface area contributed by atoms with Crippen molar-refractivity contribution in [3.8, 4) is 0 Å². The Bertz CT molecular complexity index is 1460. The van der Waals surface area contributed by atoms with E-state index in [0.29, 0.717) is 22.4 Å². The zero-order valence-electron chi connectivity index (χ0n) is 15.9. The van der Waals surface area contributed by atoms with Crippen molar-refractivity contribution in [1.82, 2.24) is 9.97 Å². The van der Waals surface area contributed by atoms with Crippen LogP contribution in [0.4, 0.5) is 5.69 Å². The molecule has 2 N–H and O–H groups in total. The lowest BCUT2D eigenvalue weighted by atomic mass is 10.0. The smallest absolute Gasteiger partial charge is 0.257 e. The van der Waals surface area contributed by atoms with Gasteiger partial charge in [0, 0.05) is 45.3 Å². The van der Waals surface area contributed by atoms with Gasteiger partial charge in [0.2, 0.25) is 0 Å². The first-order valence-corrected chi connectivity index (χ1v) is 9.57. The number of ketones is 1. The second-order valence-electron chi connectivity index (χ2n) is 6.99. The number of pyridine rings is 1. The predicted molar refractivity (Wildman–Crippen MR) is 120 cm³/mol. The summed E-state index contributed by atoms with van der Waals surface area (Å²) in [5, 5.41) is 1.80. The van der Waals surface area contributed by atoms with Crippen molar-refractivity contribution in [2.75, 3.05) is 0 Å². The van der Waals surface area contributed by atoms with Crippen LogP contribution >= 0.6 is 0 Å². The van der Waals surface area contributed by atoms with Crippen LogP contribution in [0.25, 0.3) is 21.8 Å². The molecule has 0 aliphatic carbocycles. The van der Waals surface area contributed by atoms with Gasteiger partial charge in [-0.1, -0.05) is 36.4 Å². The average molecular weight is 391 g/mol. The maximum Gasteiger partial charge on any atom is 0.257 e. The Hall–Kier alpha value is -4.25. The number of aliphatic imine (C=N–C) groups is 1. The molecule has 3 aromatic carbocycles. The first-order chi connectivity index (χ1) is 14.7. The number of H-pyrrole nitrogens is 2. The predicted octanol–water partition coefficient (Wildman–Crippen LogP) is 4.99. The molecule has 0 aliphatic rings. The Kier molecular flexibility index (Phi) is 4.33. The van der Waals surface area contributed by atoms with Crippen LogP contribution in [0, 0.1) is 0 Å². The van der Waals surface area contributed by atoms with Gasteiger partial charge in [-0.05, 0) is 42.5 Å². The van der Waals surface area contributed by atoms with Crippen LogP contribution in [0.1, 0.15) is 21.5 Å². The highest BCUT2D eigenvalue weighted by Crippen LogP contribution is 2.24. The van der Waals surface area contributed by atoms with E-state index in [9.17, 15) is 9.59 Å². The Morgan fingerprint density at radius 3 is 2.33 bits per heavy atom. The molecule has 5 aromatic rings. The minimum Gasteiger partial charge on any atom is -0.361 e. The molecule has 2 aromatic heterocycles. The van der Waals surface area contributed by atoms with E-state index in [0.717, 1.165) is 21.8 Å². The van der Waals surface area contributed by atoms with Crippen molar-refractivity contribution in [3.63, 3.8) is 0 Å². The topological polar surface area (TPSA) is 78.1 Å². The molecule has 0 unspecified atom stereocenters. The van der Waals surface area contributed by atoms with Crippen LogP contribution in [-0.4, -0.2) is 22.0 Å². The van der Waals surface area contributed by atoms with Crippen molar-refractivity contribution >= 4 is 39.5 Å². The fourth-order valence-electron chi connectivity index (χ4n) is 3.62. The van der Waals surface area contributed by atoms with E-state index < -0.39 is 0 Å². The molecule has 5 nitrogen and oxygen atoms in total. The van der Waals surface area contributed by atoms with Crippen LogP contribution < -0.4 is 5.56 Å². The van der Waals surface area contributed by atoms with E-state index in [1.165, 1.54) is 0 Å². The SMILES string of the molecule is O=C(c1ccccc1)c1ccc(N=Cc2c(=O)[nH]c3ccc4[nH]cccc4c23)cc1. The molecule has 0 aliphatic heterocycles. The van der Waals surface area contributed by atoms with Gasteiger partial charge < -0.3 is 9.97 Å². The van der Waals surface area contributed by atoms with E-state index >= 15 is 0 Å². The average Bonchev–Trinajstić information content (AvgIpc) is 3.13. The van der Waals surface area contributed by atoms with Gasteiger partial charge >= 0.3 is 0 Å². The lowest BCUT2D eigenvalue weighted by Gasteiger charge is -2.02. The number of carbonyl (C=O) groups excluding carboxylic acids is 1. The molecular weight excluding hydrogens is 374 g/mol. The number of carbonyl (C=O) groups is 1. The third kappa shape index (κ3) is 3.12. The zero-order chi connectivity index (χ0) is 20.5. The molecule has 144 valence electrons. The first-order valence-electron chi connectivity index (χ1n) is 9.57. The molecule has 5 rings (SSSR count). The van der Waals surface area contributed by atoms with Gasteiger partial charge in [0.1, 0.15) is 0 Å².